The number of hydrogen-bond acceptors (Lipinski definition) is 7. The molecule has 0 aliphatic carbocycles. The summed E-state index contributed by atoms with van der Waals surface area (Å²) in [6.45, 7) is 0.449. The first kappa shape index (κ1) is 18.5. The van der Waals surface area contributed by atoms with E-state index in [0.29, 0.717) is 17.7 Å². The summed E-state index contributed by atoms with van der Waals surface area (Å²) in [5, 5.41) is 14.5. The number of rotatable bonds is 5. The smallest absolute Gasteiger partial charge is 0.369 e. The minimum atomic E-state index is -4.25. The van der Waals surface area contributed by atoms with Gasteiger partial charge in [0.05, 0.1) is 24.5 Å². The standard InChI is InChI=1S/C19H14N6O3S/c20-10-14-6-5-13(11-25-12-24-16-3-1-8-23-19(16)25)9-15(14)18-17(4-2-7-22-18)28-29(21,26)27/h1-9,12H,11H2,(H2,21,26,27). The molecule has 144 valence electrons. The highest BCUT2D eigenvalue weighted by Crippen LogP contribution is 2.31. The van der Waals surface area contributed by atoms with Gasteiger partial charge in [-0.3, -0.25) is 4.98 Å². The Bertz CT molecular complexity index is 1360. The summed E-state index contributed by atoms with van der Waals surface area (Å²) in [5.74, 6) is -0.0570. The molecule has 1 aromatic carbocycles. The molecule has 9 nitrogen and oxygen atoms in total. The number of imidazole rings is 1. The molecule has 0 spiro atoms. The fourth-order valence-corrected chi connectivity index (χ4v) is 3.36. The first-order valence-electron chi connectivity index (χ1n) is 8.41. The van der Waals surface area contributed by atoms with Crippen LogP contribution in [0.5, 0.6) is 5.75 Å². The Balaban J connectivity index is 1.79. The summed E-state index contributed by atoms with van der Waals surface area (Å²) >= 11 is 0. The van der Waals surface area contributed by atoms with Crippen LogP contribution in [0.15, 0.2) is 61.2 Å². The van der Waals surface area contributed by atoms with Gasteiger partial charge >= 0.3 is 10.3 Å². The van der Waals surface area contributed by atoms with Crippen LogP contribution >= 0.6 is 0 Å². The number of nitrogens with two attached hydrogens (primary N) is 1. The summed E-state index contributed by atoms with van der Waals surface area (Å²) in [7, 11) is -4.25. The zero-order valence-corrected chi connectivity index (χ0v) is 15.7. The highest BCUT2D eigenvalue weighted by molar-refractivity contribution is 7.84. The fraction of sp³-hybridized carbons (Fsp3) is 0.0526. The lowest BCUT2D eigenvalue weighted by Gasteiger charge is -2.11. The monoisotopic (exact) mass is 406 g/mol. The van der Waals surface area contributed by atoms with Gasteiger partial charge < -0.3 is 8.75 Å². The van der Waals surface area contributed by atoms with Gasteiger partial charge in [-0.05, 0) is 42.0 Å². The van der Waals surface area contributed by atoms with E-state index in [1.807, 2.05) is 16.7 Å². The molecular weight excluding hydrogens is 392 g/mol. The minimum absolute atomic E-state index is 0.0570. The van der Waals surface area contributed by atoms with Crippen molar-refractivity contribution in [3.63, 3.8) is 0 Å². The van der Waals surface area contributed by atoms with Crippen molar-refractivity contribution >= 4 is 21.5 Å². The largest absolute Gasteiger partial charge is 0.380 e. The highest BCUT2D eigenvalue weighted by atomic mass is 32.2. The van der Waals surface area contributed by atoms with Crippen LogP contribution in [0.4, 0.5) is 0 Å². The third-order valence-corrected chi connectivity index (χ3v) is 4.58. The summed E-state index contributed by atoms with van der Waals surface area (Å²) in [6, 6.07) is 13.9. The molecule has 29 heavy (non-hydrogen) atoms. The van der Waals surface area contributed by atoms with Crippen LogP contribution in [0.1, 0.15) is 11.1 Å². The summed E-state index contributed by atoms with van der Waals surface area (Å²) in [5.41, 5.74) is 3.30. The van der Waals surface area contributed by atoms with Gasteiger partial charge in [0.2, 0.25) is 0 Å². The van der Waals surface area contributed by atoms with Crippen molar-refractivity contribution in [3.8, 4) is 23.1 Å². The maximum absolute atomic E-state index is 11.4. The van der Waals surface area contributed by atoms with Crippen molar-refractivity contribution in [1.82, 2.24) is 19.5 Å². The number of hydrogen-bond donors (Lipinski definition) is 1. The number of nitrogens with zero attached hydrogens (tertiary/aromatic N) is 5. The van der Waals surface area contributed by atoms with E-state index in [1.165, 1.54) is 18.3 Å². The predicted octanol–water partition coefficient (Wildman–Crippen LogP) is 2.00. The molecule has 2 N–H and O–H groups in total. The Hall–Kier alpha value is -3.81. The van der Waals surface area contributed by atoms with Crippen LogP contribution in [-0.4, -0.2) is 27.9 Å². The summed E-state index contributed by atoms with van der Waals surface area (Å²) in [4.78, 5) is 12.9. The van der Waals surface area contributed by atoms with Crippen molar-refractivity contribution in [2.45, 2.75) is 6.54 Å². The lowest BCUT2D eigenvalue weighted by molar-refractivity contribution is 0.487. The lowest BCUT2D eigenvalue weighted by atomic mass is 10.0. The van der Waals surface area contributed by atoms with Crippen molar-refractivity contribution in [2.75, 3.05) is 0 Å². The number of aromatic nitrogens is 4. The molecular formula is C19H14N6O3S. The highest BCUT2D eigenvalue weighted by Gasteiger charge is 2.17. The fourth-order valence-electron chi connectivity index (χ4n) is 2.98. The molecule has 0 unspecified atom stereocenters. The van der Waals surface area contributed by atoms with E-state index in [0.717, 1.165) is 16.7 Å². The molecule has 0 bridgehead atoms. The van der Waals surface area contributed by atoms with Crippen LogP contribution in [-0.2, 0) is 16.8 Å². The number of benzene rings is 1. The topological polar surface area (TPSA) is 137 Å². The SMILES string of the molecule is N#Cc1ccc(Cn2cnc3cccnc32)cc1-c1ncccc1OS(N)(=O)=O. The number of fused-ring (bicyclic) bond motifs is 1. The molecule has 0 radical (unpaired) electrons. The Kier molecular flexibility index (Phi) is 4.67. The number of nitriles is 1. The van der Waals surface area contributed by atoms with E-state index < -0.39 is 10.3 Å². The van der Waals surface area contributed by atoms with Crippen molar-refractivity contribution < 1.29 is 12.6 Å². The second-order valence-corrected chi connectivity index (χ2v) is 7.29. The Morgan fingerprint density at radius 1 is 1.10 bits per heavy atom. The van der Waals surface area contributed by atoms with Gasteiger partial charge in [-0.15, -0.1) is 0 Å². The first-order chi connectivity index (χ1) is 13.9. The van der Waals surface area contributed by atoms with Gasteiger partial charge in [0, 0.05) is 18.0 Å². The lowest BCUT2D eigenvalue weighted by Crippen LogP contribution is -2.19. The average Bonchev–Trinajstić information content (AvgIpc) is 3.10. The zero-order valence-electron chi connectivity index (χ0n) is 14.9. The third-order valence-electron chi connectivity index (χ3n) is 4.16. The normalized spacial score (nSPS) is 11.3. The number of pyridine rings is 2. The molecule has 0 saturated carbocycles. The quantitative estimate of drug-likeness (QED) is 0.535. The summed E-state index contributed by atoms with van der Waals surface area (Å²) < 4.78 is 29.5. The van der Waals surface area contributed by atoms with Crippen molar-refractivity contribution in [1.29, 1.82) is 5.26 Å². The third kappa shape index (κ3) is 3.91. The van der Waals surface area contributed by atoms with Crippen LogP contribution in [0.2, 0.25) is 0 Å². The van der Waals surface area contributed by atoms with Crippen molar-refractivity contribution in [3.05, 3.63) is 72.3 Å². The van der Waals surface area contributed by atoms with Gasteiger partial charge in [0.1, 0.15) is 11.2 Å². The van der Waals surface area contributed by atoms with Crippen LogP contribution < -0.4 is 9.32 Å². The minimum Gasteiger partial charge on any atom is -0.369 e. The average molecular weight is 406 g/mol. The molecule has 0 saturated heterocycles. The molecule has 0 atom stereocenters. The van der Waals surface area contributed by atoms with E-state index in [4.69, 9.17) is 9.32 Å². The Morgan fingerprint density at radius 2 is 1.90 bits per heavy atom. The molecule has 4 rings (SSSR count). The van der Waals surface area contributed by atoms with E-state index in [-0.39, 0.29) is 11.4 Å². The molecule has 0 aliphatic heterocycles. The molecule has 3 aromatic heterocycles. The van der Waals surface area contributed by atoms with Crippen LogP contribution in [0.25, 0.3) is 22.4 Å². The first-order valence-corrected chi connectivity index (χ1v) is 9.88. The van der Waals surface area contributed by atoms with E-state index in [9.17, 15) is 13.7 Å². The molecule has 10 heteroatoms. The van der Waals surface area contributed by atoms with E-state index >= 15 is 0 Å². The molecule has 0 aliphatic rings. The predicted molar refractivity (Wildman–Crippen MR) is 105 cm³/mol. The second-order valence-electron chi connectivity index (χ2n) is 6.14. The Morgan fingerprint density at radius 3 is 2.69 bits per heavy atom. The second kappa shape index (κ2) is 7.31. The maximum atomic E-state index is 11.4. The van der Waals surface area contributed by atoms with Gasteiger partial charge in [0.15, 0.2) is 11.4 Å². The maximum Gasteiger partial charge on any atom is 0.380 e. The molecule has 0 amide bonds. The Labute approximate surface area is 166 Å². The molecule has 3 heterocycles. The van der Waals surface area contributed by atoms with Gasteiger partial charge in [-0.25, -0.2) is 9.97 Å². The molecule has 4 aromatic rings. The van der Waals surface area contributed by atoms with Crippen molar-refractivity contribution in [2.24, 2.45) is 5.14 Å². The summed E-state index contributed by atoms with van der Waals surface area (Å²) in [6.07, 6.45) is 4.85. The van der Waals surface area contributed by atoms with E-state index in [2.05, 4.69) is 21.0 Å². The molecule has 0 fully saturated rings. The van der Waals surface area contributed by atoms with Crippen LogP contribution in [0.3, 0.4) is 0 Å². The van der Waals surface area contributed by atoms with E-state index in [1.54, 1.807) is 30.7 Å². The zero-order chi connectivity index (χ0) is 20.4. The van der Waals surface area contributed by atoms with Gasteiger partial charge in [-0.2, -0.15) is 18.8 Å². The van der Waals surface area contributed by atoms with Gasteiger partial charge in [-0.1, -0.05) is 6.07 Å². The van der Waals surface area contributed by atoms with Gasteiger partial charge in [0.25, 0.3) is 0 Å². The van der Waals surface area contributed by atoms with Crippen LogP contribution in [0, 0.1) is 11.3 Å².